The van der Waals surface area contributed by atoms with Gasteiger partial charge < -0.3 is 4.74 Å². The molecule has 0 aliphatic rings. The van der Waals surface area contributed by atoms with Gasteiger partial charge in [-0.3, -0.25) is 0 Å². The van der Waals surface area contributed by atoms with Gasteiger partial charge in [-0.15, -0.1) is 11.3 Å². The van der Waals surface area contributed by atoms with Crippen molar-refractivity contribution in [2.45, 2.75) is 20.3 Å². The van der Waals surface area contributed by atoms with Crippen molar-refractivity contribution in [3.8, 4) is 0 Å². The highest BCUT2D eigenvalue weighted by atomic mass is 32.1. The molecule has 0 radical (unpaired) electrons. The maximum atomic E-state index is 11.0. The average molecular weight is 210 g/mol. The minimum absolute atomic E-state index is 0.279. The van der Waals surface area contributed by atoms with Gasteiger partial charge >= 0.3 is 5.97 Å². The van der Waals surface area contributed by atoms with Crippen LogP contribution in [0.5, 0.6) is 0 Å². The number of carbonyl (C=O) groups excluding carboxylic acids is 1. The number of esters is 1. The minimum atomic E-state index is -0.279. The summed E-state index contributed by atoms with van der Waals surface area (Å²) in [5, 5.41) is 0. The van der Waals surface area contributed by atoms with E-state index in [0.717, 1.165) is 11.3 Å². The van der Waals surface area contributed by atoms with Gasteiger partial charge in [0.2, 0.25) is 0 Å². The molecule has 0 saturated carbocycles. The summed E-state index contributed by atoms with van der Waals surface area (Å²) in [4.78, 5) is 13.4. The van der Waals surface area contributed by atoms with Gasteiger partial charge in [-0.05, 0) is 31.6 Å². The number of ether oxygens (including phenoxy) is 1. The van der Waals surface area contributed by atoms with Gasteiger partial charge in [0.1, 0.15) is 0 Å². The molecule has 1 heterocycles. The van der Waals surface area contributed by atoms with Crippen LogP contribution in [0.4, 0.5) is 0 Å². The largest absolute Gasteiger partial charge is 0.463 e. The molecule has 0 atom stereocenters. The third-order valence-corrected chi connectivity index (χ3v) is 2.90. The molecule has 1 rings (SSSR count). The first-order chi connectivity index (χ1) is 6.76. The van der Waals surface area contributed by atoms with Crippen molar-refractivity contribution in [1.29, 1.82) is 0 Å². The van der Waals surface area contributed by atoms with Crippen molar-refractivity contribution in [2.75, 3.05) is 6.61 Å². The standard InChI is InChI=1S/C11H14O2S/c1-3-9-5-6-10(14-9)7-8-11(12)13-4-2/h5-8H,3-4H2,1-2H3. The second-order valence-electron chi connectivity index (χ2n) is 2.74. The van der Waals surface area contributed by atoms with Crippen LogP contribution in [-0.4, -0.2) is 12.6 Å². The van der Waals surface area contributed by atoms with Gasteiger partial charge in [0.05, 0.1) is 6.61 Å². The molecule has 3 heteroatoms. The Morgan fingerprint density at radius 2 is 2.29 bits per heavy atom. The van der Waals surface area contributed by atoms with Crippen molar-refractivity contribution >= 4 is 23.4 Å². The summed E-state index contributed by atoms with van der Waals surface area (Å²) in [6.07, 6.45) is 4.30. The molecule has 0 aromatic carbocycles. The van der Waals surface area contributed by atoms with E-state index in [1.807, 2.05) is 6.07 Å². The van der Waals surface area contributed by atoms with Crippen LogP contribution in [-0.2, 0) is 16.0 Å². The lowest BCUT2D eigenvalue weighted by atomic mass is 10.3. The molecule has 0 unspecified atom stereocenters. The Bertz CT molecular complexity index is 326. The Morgan fingerprint density at radius 1 is 1.50 bits per heavy atom. The SMILES string of the molecule is CCOC(=O)C=Cc1ccc(CC)s1. The van der Waals surface area contributed by atoms with Crippen LogP contribution in [0.3, 0.4) is 0 Å². The molecular formula is C11H14O2S. The second kappa shape index (κ2) is 5.60. The fourth-order valence-electron chi connectivity index (χ4n) is 1.01. The molecule has 0 aliphatic carbocycles. The van der Waals surface area contributed by atoms with Crippen LogP contribution in [0, 0.1) is 0 Å². The van der Waals surface area contributed by atoms with Crippen molar-refractivity contribution < 1.29 is 9.53 Å². The Hall–Kier alpha value is -1.09. The van der Waals surface area contributed by atoms with Gasteiger partial charge in [-0.1, -0.05) is 6.92 Å². The Kier molecular flexibility index (Phi) is 4.40. The molecule has 0 spiro atoms. The summed E-state index contributed by atoms with van der Waals surface area (Å²) >= 11 is 1.70. The number of thiophene rings is 1. The van der Waals surface area contributed by atoms with Crippen molar-refractivity contribution in [3.05, 3.63) is 28.0 Å². The Morgan fingerprint density at radius 3 is 2.86 bits per heavy atom. The van der Waals surface area contributed by atoms with E-state index in [1.54, 1.807) is 24.3 Å². The monoisotopic (exact) mass is 210 g/mol. The average Bonchev–Trinajstić information content (AvgIpc) is 2.63. The molecule has 0 N–H and O–H groups in total. The van der Waals surface area contributed by atoms with Crippen LogP contribution >= 0.6 is 11.3 Å². The van der Waals surface area contributed by atoms with E-state index in [1.165, 1.54) is 11.0 Å². The molecule has 1 aromatic rings. The first-order valence-corrected chi connectivity index (χ1v) is 5.51. The highest BCUT2D eigenvalue weighted by molar-refractivity contribution is 7.12. The van der Waals surface area contributed by atoms with Crippen LogP contribution in [0.15, 0.2) is 18.2 Å². The van der Waals surface area contributed by atoms with Crippen LogP contribution in [0.25, 0.3) is 6.08 Å². The van der Waals surface area contributed by atoms with Gasteiger partial charge in [0.15, 0.2) is 0 Å². The molecule has 1 aromatic heterocycles. The zero-order valence-corrected chi connectivity index (χ0v) is 9.26. The number of hydrogen-bond donors (Lipinski definition) is 0. The third-order valence-electron chi connectivity index (χ3n) is 1.70. The predicted molar refractivity (Wildman–Crippen MR) is 59.4 cm³/mol. The number of aryl methyl sites for hydroxylation is 1. The smallest absolute Gasteiger partial charge is 0.330 e. The fraction of sp³-hybridized carbons (Fsp3) is 0.364. The molecular weight excluding hydrogens is 196 g/mol. The molecule has 0 amide bonds. The molecule has 0 aliphatic heterocycles. The number of carbonyl (C=O) groups is 1. The minimum Gasteiger partial charge on any atom is -0.463 e. The van der Waals surface area contributed by atoms with Crippen LogP contribution in [0.1, 0.15) is 23.6 Å². The van der Waals surface area contributed by atoms with E-state index >= 15 is 0 Å². The molecule has 76 valence electrons. The highest BCUT2D eigenvalue weighted by Crippen LogP contribution is 2.18. The maximum Gasteiger partial charge on any atom is 0.330 e. The number of rotatable bonds is 4. The van der Waals surface area contributed by atoms with Gasteiger partial charge in [-0.25, -0.2) is 4.79 Å². The predicted octanol–water partition coefficient (Wildman–Crippen LogP) is 2.89. The first kappa shape index (κ1) is 11.0. The van der Waals surface area contributed by atoms with Gasteiger partial charge in [0, 0.05) is 15.8 Å². The number of hydrogen-bond acceptors (Lipinski definition) is 3. The fourth-order valence-corrected chi connectivity index (χ4v) is 1.87. The normalized spacial score (nSPS) is 10.7. The van der Waals surface area contributed by atoms with Gasteiger partial charge in [0.25, 0.3) is 0 Å². The molecule has 0 bridgehead atoms. The lowest BCUT2D eigenvalue weighted by molar-refractivity contribution is -0.137. The lowest BCUT2D eigenvalue weighted by Gasteiger charge is -1.93. The Labute approximate surface area is 88.2 Å². The summed E-state index contributed by atoms with van der Waals surface area (Å²) < 4.78 is 4.78. The van der Waals surface area contributed by atoms with Crippen molar-refractivity contribution in [1.82, 2.24) is 0 Å². The van der Waals surface area contributed by atoms with Crippen LogP contribution < -0.4 is 0 Å². The lowest BCUT2D eigenvalue weighted by Crippen LogP contribution is -1.98. The Balaban J connectivity index is 2.55. The highest BCUT2D eigenvalue weighted by Gasteiger charge is 1.96. The van der Waals surface area contributed by atoms with Crippen molar-refractivity contribution in [3.63, 3.8) is 0 Å². The van der Waals surface area contributed by atoms with Gasteiger partial charge in [-0.2, -0.15) is 0 Å². The topological polar surface area (TPSA) is 26.3 Å². The quantitative estimate of drug-likeness (QED) is 0.564. The third kappa shape index (κ3) is 3.34. The summed E-state index contributed by atoms with van der Waals surface area (Å²) in [7, 11) is 0. The molecule has 14 heavy (non-hydrogen) atoms. The zero-order valence-electron chi connectivity index (χ0n) is 8.45. The van der Waals surface area contributed by atoms with E-state index in [2.05, 4.69) is 13.0 Å². The van der Waals surface area contributed by atoms with E-state index in [9.17, 15) is 4.79 Å². The summed E-state index contributed by atoms with van der Waals surface area (Å²) in [5.74, 6) is -0.279. The molecule has 0 saturated heterocycles. The van der Waals surface area contributed by atoms with E-state index < -0.39 is 0 Å². The van der Waals surface area contributed by atoms with E-state index in [0.29, 0.717) is 6.61 Å². The summed E-state index contributed by atoms with van der Waals surface area (Å²) in [6, 6.07) is 4.09. The van der Waals surface area contributed by atoms with E-state index in [-0.39, 0.29) is 5.97 Å². The maximum absolute atomic E-state index is 11.0. The van der Waals surface area contributed by atoms with Crippen LogP contribution in [0.2, 0.25) is 0 Å². The first-order valence-electron chi connectivity index (χ1n) is 4.69. The molecule has 0 fully saturated rings. The summed E-state index contributed by atoms with van der Waals surface area (Å²) in [5.41, 5.74) is 0. The zero-order chi connectivity index (χ0) is 10.4. The van der Waals surface area contributed by atoms with Crippen molar-refractivity contribution in [2.24, 2.45) is 0 Å². The van der Waals surface area contributed by atoms with E-state index in [4.69, 9.17) is 4.74 Å². The second-order valence-corrected chi connectivity index (χ2v) is 3.94. The molecule has 2 nitrogen and oxygen atoms in total. The summed E-state index contributed by atoms with van der Waals surface area (Å²) in [6.45, 7) is 4.34.